The van der Waals surface area contributed by atoms with Crippen LogP contribution < -0.4 is 9.62 Å². The Morgan fingerprint density at radius 2 is 1.93 bits per heavy atom. The molecular weight excluding hydrogens is 398 g/mol. The number of non-ortho nitro benzene ring substituents is 1. The zero-order valence-electron chi connectivity index (χ0n) is 16.2. The number of nitro groups is 1. The number of ether oxygens (including phenoxy) is 1. The maximum atomic E-state index is 12.2. The van der Waals surface area contributed by atoms with Gasteiger partial charge in [0, 0.05) is 37.9 Å². The molecule has 2 aromatic carbocycles. The number of anilines is 2. The first-order valence-electron chi connectivity index (χ1n) is 8.80. The molecule has 0 fully saturated rings. The van der Waals surface area contributed by atoms with Crippen molar-refractivity contribution in [2.24, 2.45) is 0 Å². The van der Waals surface area contributed by atoms with Crippen LogP contribution in [0.15, 0.2) is 48.5 Å². The number of nitrogens with zero attached hydrogens (tertiary/aromatic N) is 2. The van der Waals surface area contributed by atoms with Crippen LogP contribution in [0.5, 0.6) is 0 Å². The van der Waals surface area contributed by atoms with Crippen molar-refractivity contribution in [3.05, 3.63) is 64.2 Å². The third-order valence-electron chi connectivity index (χ3n) is 4.02. The first-order valence-corrected chi connectivity index (χ1v) is 10.7. The van der Waals surface area contributed by atoms with Gasteiger partial charge in [0.2, 0.25) is 15.9 Å². The van der Waals surface area contributed by atoms with Crippen molar-refractivity contribution in [2.75, 3.05) is 29.5 Å². The van der Waals surface area contributed by atoms with Crippen molar-refractivity contribution in [1.29, 1.82) is 0 Å². The molecule has 0 aliphatic carbocycles. The number of hydrogen-bond acceptors (Lipinski definition) is 6. The van der Waals surface area contributed by atoms with E-state index < -0.39 is 14.9 Å². The predicted molar refractivity (Wildman–Crippen MR) is 110 cm³/mol. The number of carbonyl (C=O) groups is 1. The molecule has 0 heterocycles. The van der Waals surface area contributed by atoms with Crippen LogP contribution >= 0.6 is 0 Å². The van der Waals surface area contributed by atoms with Gasteiger partial charge in [-0.25, -0.2) is 8.42 Å². The van der Waals surface area contributed by atoms with Gasteiger partial charge in [0.15, 0.2) is 0 Å². The van der Waals surface area contributed by atoms with E-state index in [0.717, 1.165) is 16.1 Å². The molecule has 0 aromatic heterocycles. The van der Waals surface area contributed by atoms with Crippen LogP contribution in [0.4, 0.5) is 17.1 Å². The molecule has 2 aromatic rings. The van der Waals surface area contributed by atoms with Gasteiger partial charge in [-0.3, -0.25) is 19.2 Å². The van der Waals surface area contributed by atoms with Crippen molar-refractivity contribution >= 4 is 33.0 Å². The predicted octanol–water partition coefficient (Wildman–Crippen LogP) is 2.93. The lowest BCUT2D eigenvalue weighted by Gasteiger charge is -2.22. The normalized spacial score (nSPS) is 11.1. The number of amides is 1. The summed E-state index contributed by atoms with van der Waals surface area (Å²) in [6, 6.07) is 12.6. The van der Waals surface area contributed by atoms with Gasteiger partial charge in [-0.1, -0.05) is 18.2 Å². The van der Waals surface area contributed by atoms with Crippen molar-refractivity contribution in [1.82, 2.24) is 0 Å². The zero-order chi connectivity index (χ0) is 21.4. The summed E-state index contributed by atoms with van der Waals surface area (Å²) in [5, 5.41) is 13.7. The average molecular weight is 421 g/mol. The number of sulfonamides is 1. The van der Waals surface area contributed by atoms with Gasteiger partial charge in [0.05, 0.1) is 23.5 Å². The van der Waals surface area contributed by atoms with Gasteiger partial charge in [-0.15, -0.1) is 0 Å². The Morgan fingerprint density at radius 1 is 1.21 bits per heavy atom. The van der Waals surface area contributed by atoms with Gasteiger partial charge < -0.3 is 10.1 Å². The molecule has 156 valence electrons. The van der Waals surface area contributed by atoms with E-state index in [2.05, 4.69) is 5.32 Å². The first-order chi connectivity index (χ1) is 13.7. The quantitative estimate of drug-likeness (QED) is 0.465. The van der Waals surface area contributed by atoms with Crippen LogP contribution in [0.25, 0.3) is 0 Å². The third kappa shape index (κ3) is 6.84. The summed E-state index contributed by atoms with van der Waals surface area (Å²) in [5.41, 5.74) is 1.53. The van der Waals surface area contributed by atoms with Gasteiger partial charge in [0.25, 0.3) is 5.69 Å². The van der Waals surface area contributed by atoms with Crippen molar-refractivity contribution in [2.45, 2.75) is 19.4 Å². The Morgan fingerprint density at radius 3 is 2.59 bits per heavy atom. The molecule has 0 aliphatic rings. The van der Waals surface area contributed by atoms with Crippen molar-refractivity contribution in [3.8, 4) is 0 Å². The summed E-state index contributed by atoms with van der Waals surface area (Å²) in [7, 11) is -2.08. The van der Waals surface area contributed by atoms with Crippen LogP contribution in [0.3, 0.4) is 0 Å². The van der Waals surface area contributed by atoms with Gasteiger partial charge in [0.1, 0.15) is 0 Å². The lowest BCUT2D eigenvalue weighted by Crippen LogP contribution is -2.31. The Labute approximate surface area is 169 Å². The lowest BCUT2D eigenvalue weighted by atomic mass is 10.2. The third-order valence-corrected chi connectivity index (χ3v) is 5.21. The summed E-state index contributed by atoms with van der Waals surface area (Å²) in [5.74, 6) is -0.257. The van der Waals surface area contributed by atoms with E-state index in [4.69, 9.17) is 4.74 Å². The fourth-order valence-corrected chi connectivity index (χ4v) is 3.72. The molecule has 1 amide bonds. The smallest absolute Gasteiger partial charge is 0.271 e. The van der Waals surface area contributed by atoms with Crippen LogP contribution in [0.1, 0.15) is 18.4 Å². The molecule has 0 aliphatic heterocycles. The molecule has 0 bridgehead atoms. The molecule has 9 nitrogen and oxygen atoms in total. The van der Waals surface area contributed by atoms with E-state index in [1.807, 2.05) is 6.07 Å². The zero-order valence-corrected chi connectivity index (χ0v) is 17.0. The topological polar surface area (TPSA) is 119 Å². The van der Waals surface area contributed by atoms with Crippen molar-refractivity contribution in [3.63, 3.8) is 0 Å². The average Bonchev–Trinajstić information content (AvgIpc) is 2.65. The minimum absolute atomic E-state index is 0.0249. The Hall–Kier alpha value is -2.98. The van der Waals surface area contributed by atoms with E-state index in [1.54, 1.807) is 25.3 Å². The number of benzene rings is 2. The standard InChI is InChI=1S/C19H23N3O6S/c1-28-14-15-6-3-7-16(12-15)20-19(23)10-5-11-21(29(2,26)27)17-8-4-9-18(13-17)22(24)25/h3-4,6-9,12-13H,5,10-11,14H2,1-2H3,(H,20,23). The highest BCUT2D eigenvalue weighted by Crippen LogP contribution is 2.23. The minimum atomic E-state index is -3.66. The molecule has 0 unspecified atom stereocenters. The number of hydrogen-bond donors (Lipinski definition) is 1. The molecule has 0 saturated heterocycles. The highest BCUT2D eigenvalue weighted by molar-refractivity contribution is 7.92. The summed E-state index contributed by atoms with van der Waals surface area (Å²) >= 11 is 0. The van der Waals surface area contributed by atoms with Crippen molar-refractivity contribution < 1.29 is 22.9 Å². The number of methoxy groups -OCH3 is 1. The summed E-state index contributed by atoms with van der Waals surface area (Å²) in [6.45, 7) is 0.452. The second-order valence-electron chi connectivity index (χ2n) is 6.40. The van der Waals surface area contributed by atoms with E-state index >= 15 is 0 Å². The Bertz CT molecular complexity index is 977. The Balaban J connectivity index is 2.00. The number of rotatable bonds is 10. The Kier molecular flexibility index (Phi) is 7.68. The second-order valence-corrected chi connectivity index (χ2v) is 8.30. The maximum absolute atomic E-state index is 12.2. The first kappa shape index (κ1) is 22.3. The molecule has 1 N–H and O–H groups in total. The highest BCUT2D eigenvalue weighted by Gasteiger charge is 2.19. The van der Waals surface area contributed by atoms with Crippen LogP contribution in [-0.4, -0.2) is 39.2 Å². The van der Waals surface area contributed by atoms with Crippen LogP contribution in [0.2, 0.25) is 0 Å². The van der Waals surface area contributed by atoms with Crippen LogP contribution in [0, 0.1) is 10.1 Å². The molecule has 0 atom stereocenters. The molecule has 0 radical (unpaired) electrons. The fraction of sp³-hybridized carbons (Fsp3) is 0.316. The minimum Gasteiger partial charge on any atom is -0.380 e. The SMILES string of the molecule is COCc1cccc(NC(=O)CCCN(c2cccc([N+](=O)[O-])c2)S(C)(=O)=O)c1. The molecule has 2 rings (SSSR count). The molecule has 0 spiro atoms. The summed E-state index contributed by atoms with van der Waals surface area (Å²) < 4.78 is 30.4. The van der Waals surface area contributed by atoms with Gasteiger partial charge in [-0.05, 0) is 30.2 Å². The highest BCUT2D eigenvalue weighted by atomic mass is 32.2. The number of nitro benzene ring substituents is 1. The molecule has 10 heteroatoms. The summed E-state index contributed by atoms with van der Waals surface area (Å²) in [4.78, 5) is 22.5. The van der Waals surface area contributed by atoms with E-state index in [0.29, 0.717) is 12.3 Å². The van der Waals surface area contributed by atoms with Gasteiger partial charge >= 0.3 is 0 Å². The second kappa shape index (κ2) is 9.99. The number of carbonyl (C=O) groups excluding carboxylic acids is 1. The molecular formula is C19H23N3O6S. The monoisotopic (exact) mass is 421 g/mol. The number of nitrogens with one attached hydrogen (secondary N) is 1. The fourth-order valence-electron chi connectivity index (χ4n) is 2.76. The van der Waals surface area contributed by atoms with E-state index in [1.165, 1.54) is 24.3 Å². The van der Waals surface area contributed by atoms with Gasteiger partial charge in [-0.2, -0.15) is 0 Å². The molecule has 0 saturated carbocycles. The van der Waals surface area contributed by atoms with E-state index in [-0.39, 0.29) is 36.7 Å². The van der Waals surface area contributed by atoms with Crippen LogP contribution in [-0.2, 0) is 26.2 Å². The largest absolute Gasteiger partial charge is 0.380 e. The lowest BCUT2D eigenvalue weighted by molar-refractivity contribution is -0.384. The molecule has 29 heavy (non-hydrogen) atoms. The maximum Gasteiger partial charge on any atom is 0.271 e. The van der Waals surface area contributed by atoms with E-state index in [9.17, 15) is 23.3 Å². The summed E-state index contributed by atoms with van der Waals surface area (Å²) in [6.07, 6.45) is 1.36.